The van der Waals surface area contributed by atoms with Gasteiger partial charge in [0.15, 0.2) is 5.03 Å². The van der Waals surface area contributed by atoms with E-state index in [9.17, 15) is 13.2 Å². The maximum atomic E-state index is 13.4. The third kappa shape index (κ3) is 4.76. The van der Waals surface area contributed by atoms with Crippen LogP contribution < -0.4 is 0 Å². The lowest BCUT2D eigenvalue weighted by Gasteiger charge is -2.33. The number of imidazole rings is 1. The molecular formula is C24H27N3O3S2. The van der Waals surface area contributed by atoms with E-state index in [1.165, 1.54) is 11.8 Å². The van der Waals surface area contributed by atoms with E-state index in [2.05, 4.69) is 16.9 Å². The van der Waals surface area contributed by atoms with Gasteiger partial charge in [-0.05, 0) is 45.2 Å². The molecule has 1 amide bonds. The van der Waals surface area contributed by atoms with Crippen LogP contribution >= 0.6 is 11.8 Å². The molecule has 1 aliphatic rings. The Bertz CT molecular complexity index is 1190. The predicted octanol–water partition coefficient (Wildman–Crippen LogP) is 4.71. The number of hydrogen-bond acceptors (Lipinski definition) is 5. The minimum Gasteiger partial charge on any atom is -0.339 e. The van der Waals surface area contributed by atoms with Crippen LogP contribution in [0.3, 0.4) is 0 Å². The van der Waals surface area contributed by atoms with Crippen molar-refractivity contribution < 1.29 is 13.2 Å². The average Bonchev–Trinajstić information content (AvgIpc) is 3.24. The second kappa shape index (κ2) is 9.50. The number of benzene rings is 2. The van der Waals surface area contributed by atoms with Crippen molar-refractivity contribution in [2.24, 2.45) is 0 Å². The van der Waals surface area contributed by atoms with Crippen LogP contribution in [0.25, 0.3) is 11.4 Å². The first-order valence-electron chi connectivity index (χ1n) is 10.8. The van der Waals surface area contributed by atoms with E-state index < -0.39 is 9.84 Å². The fourth-order valence-electron chi connectivity index (χ4n) is 3.87. The number of likely N-dealkylation sites (tertiary alicyclic amines) is 1. The normalized spacial score (nSPS) is 16.8. The molecule has 0 saturated carbocycles. The molecule has 4 rings (SSSR count). The topological polar surface area (TPSA) is 83.1 Å². The number of amides is 1. The Morgan fingerprint density at radius 3 is 2.53 bits per heavy atom. The zero-order chi connectivity index (χ0) is 22.7. The number of piperidine rings is 1. The van der Waals surface area contributed by atoms with Crippen LogP contribution in [0, 0.1) is 6.92 Å². The maximum absolute atomic E-state index is 13.4. The van der Waals surface area contributed by atoms with Gasteiger partial charge in [-0.25, -0.2) is 13.4 Å². The fraction of sp³-hybridized carbons (Fsp3) is 0.333. The number of carbonyl (C=O) groups excluding carboxylic acids is 1. The number of aryl methyl sites for hydroxylation is 1. The molecule has 0 bridgehead atoms. The lowest BCUT2D eigenvalue weighted by atomic mass is 10.0. The summed E-state index contributed by atoms with van der Waals surface area (Å²) in [7, 11) is -3.82. The van der Waals surface area contributed by atoms with Gasteiger partial charge < -0.3 is 9.88 Å². The molecule has 1 saturated heterocycles. The molecule has 3 aromatic rings. The molecule has 2 heterocycles. The zero-order valence-corrected chi connectivity index (χ0v) is 19.9. The molecule has 1 N–H and O–H groups in total. The minimum atomic E-state index is -3.82. The van der Waals surface area contributed by atoms with E-state index in [0.29, 0.717) is 10.9 Å². The largest absolute Gasteiger partial charge is 0.339 e. The van der Waals surface area contributed by atoms with E-state index in [0.717, 1.165) is 36.9 Å². The van der Waals surface area contributed by atoms with Crippen molar-refractivity contribution in [3.63, 3.8) is 0 Å². The van der Waals surface area contributed by atoms with E-state index in [1.54, 1.807) is 24.3 Å². The lowest BCUT2D eigenvalue weighted by Crippen LogP contribution is -2.42. The lowest BCUT2D eigenvalue weighted by molar-refractivity contribution is -0.131. The van der Waals surface area contributed by atoms with Gasteiger partial charge >= 0.3 is 0 Å². The summed E-state index contributed by atoms with van der Waals surface area (Å²) in [5, 5.41) is 0.354. The summed E-state index contributed by atoms with van der Waals surface area (Å²) in [6.07, 6.45) is 3.15. The molecular weight excluding hydrogens is 442 g/mol. The van der Waals surface area contributed by atoms with Crippen LogP contribution in [0.4, 0.5) is 0 Å². The second-order valence-corrected chi connectivity index (χ2v) is 11.0. The highest BCUT2D eigenvalue weighted by Crippen LogP contribution is 2.32. The monoisotopic (exact) mass is 469 g/mol. The molecule has 2 aromatic carbocycles. The second-order valence-electron chi connectivity index (χ2n) is 8.12. The van der Waals surface area contributed by atoms with Gasteiger partial charge in [-0.2, -0.15) is 0 Å². The summed E-state index contributed by atoms with van der Waals surface area (Å²) in [5.74, 6) is 0.641. The van der Waals surface area contributed by atoms with Crippen molar-refractivity contribution in [1.82, 2.24) is 14.9 Å². The summed E-state index contributed by atoms with van der Waals surface area (Å²) in [4.78, 5) is 22.5. The molecule has 32 heavy (non-hydrogen) atoms. The van der Waals surface area contributed by atoms with Gasteiger partial charge in [-0.15, -0.1) is 0 Å². The van der Waals surface area contributed by atoms with Crippen molar-refractivity contribution in [2.75, 3.05) is 12.3 Å². The standard InChI is InChI=1S/C24H27N3O3S2/c1-17-11-13-20(14-12-17)32(29,30)24-23(25-22(26-24)19-9-4-3-5-10-19)31-16-21(28)27-15-7-6-8-18(27)2/h3-5,9-14,18H,6-8,15-16H2,1-2H3,(H,25,26)/t18-/m0/s1. The van der Waals surface area contributed by atoms with Crippen molar-refractivity contribution in [3.8, 4) is 11.4 Å². The van der Waals surface area contributed by atoms with Crippen molar-refractivity contribution in [1.29, 1.82) is 0 Å². The van der Waals surface area contributed by atoms with E-state index >= 15 is 0 Å². The molecule has 0 spiro atoms. The Morgan fingerprint density at radius 1 is 1.12 bits per heavy atom. The molecule has 0 unspecified atom stereocenters. The van der Waals surface area contributed by atoms with Crippen molar-refractivity contribution in [3.05, 3.63) is 60.2 Å². The van der Waals surface area contributed by atoms with Crippen LogP contribution in [-0.2, 0) is 14.6 Å². The first-order chi connectivity index (χ1) is 15.4. The summed E-state index contributed by atoms with van der Waals surface area (Å²) >= 11 is 1.18. The third-order valence-electron chi connectivity index (χ3n) is 5.74. The molecule has 1 aromatic heterocycles. The number of nitrogens with zero attached hydrogens (tertiary/aromatic N) is 2. The molecule has 1 atom stereocenters. The number of aromatic amines is 1. The Kier molecular flexibility index (Phi) is 6.71. The highest BCUT2D eigenvalue weighted by Gasteiger charge is 2.28. The molecule has 8 heteroatoms. The smallest absolute Gasteiger partial charge is 0.233 e. The van der Waals surface area contributed by atoms with Crippen molar-refractivity contribution >= 4 is 27.5 Å². The predicted molar refractivity (Wildman–Crippen MR) is 126 cm³/mol. The van der Waals surface area contributed by atoms with Crippen LogP contribution in [0.15, 0.2) is 69.5 Å². The number of carbonyl (C=O) groups is 1. The van der Waals surface area contributed by atoms with E-state index in [4.69, 9.17) is 0 Å². The highest BCUT2D eigenvalue weighted by molar-refractivity contribution is 8.00. The number of thioether (sulfide) groups is 1. The molecule has 0 radical (unpaired) electrons. The Balaban J connectivity index is 1.66. The Labute approximate surface area is 193 Å². The Morgan fingerprint density at radius 2 is 1.84 bits per heavy atom. The first-order valence-corrected chi connectivity index (χ1v) is 13.2. The quantitative estimate of drug-likeness (QED) is 0.529. The van der Waals surface area contributed by atoms with Gasteiger partial charge in [0, 0.05) is 18.2 Å². The number of hydrogen-bond donors (Lipinski definition) is 1. The van der Waals surface area contributed by atoms with Gasteiger partial charge in [0.25, 0.3) is 0 Å². The summed E-state index contributed by atoms with van der Waals surface area (Å²) < 4.78 is 26.9. The van der Waals surface area contributed by atoms with Gasteiger partial charge in [0.2, 0.25) is 15.7 Å². The van der Waals surface area contributed by atoms with Gasteiger partial charge in [0.1, 0.15) is 10.9 Å². The van der Waals surface area contributed by atoms with Gasteiger partial charge in [-0.1, -0.05) is 59.8 Å². The molecule has 1 fully saturated rings. The zero-order valence-electron chi connectivity index (χ0n) is 18.2. The van der Waals surface area contributed by atoms with Gasteiger partial charge in [0.05, 0.1) is 10.6 Å². The van der Waals surface area contributed by atoms with Crippen molar-refractivity contribution in [2.45, 2.75) is 54.1 Å². The Hall–Kier alpha value is -2.58. The van der Waals surface area contributed by atoms with E-state index in [1.807, 2.05) is 42.2 Å². The molecule has 1 aliphatic heterocycles. The third-order valence-corrected chi connectivity index (χ3v) is 8.56. The molecule has 0 aliphatic carbocycles. The van der Waals surface area contributed by atoms with Crippen LogP contribution in [0.1, 0.15) is 31.7 Å². The first kappa shape index (κ1) is 22.6. The van der Waals surface area contributed by atoms with Gasteiger partial charge in [-0.3, -0.25) is 4.79 Å². The average molecular weight is 470 g/mol. The summed E-state index contributed by atoms with van der Waals surface area (Å²) in [6, 6.07) is 16.3. The van der Waals surface area contributed by atoms with Crippen LogP contribution in [-0.4, -0.2) is 47.5 Å². The summed E-state index contributed by atoms with van der Waals surface area (Å²) in [6.45, 7) is 4.73. The SMILES string of the molecule is Cc1ccc(S(=O)(=O)c2[nH]c(-c3ccccc3)nc2SCC(=O)N2CCCC[C@@H]2C)cc1. The van der Waals surface area contributed by atoms with Crippen LogP contribution in [0.5, 0.6) is 0 Å². The molecule has 6 nitrogen and oxygen atoms in total. The minimum absolute atomic E-state index is 0.0187. The number of nitrogens with one attached hydrogen (secondary N) is 1. The number of rotatable bonds is 6. The van der Waals surface area contributed by atoms with Crippen LogP contribution in [0.2, 0.25) is 0 Å². The fourth-order valence-corrected chi connectivity index (χ4v) is 6.38. The maximum Gasteiger partial charge on any atom is 0.233 e. The molecule has 168 valence electrons. The number of aromatic nitrogens is 2. The summed E-state index contributed by atoms with van der Waals surface area (Å²) in [5.41, 5.74) is 1.77. The van der Waals surface area contributed by atoms with E-state index in [-0.39, 0.29) is 27.6 Å². The number of sulfone groups is 1. The number of H-pyrrole nitrogens is 1. The highest BCUT2D eigenvalue weighted by atomic mass is 32.2.